The van der Waals surface area contributed by atoms with Gasteiger partial charge in [0.1, 0.15) is 0 Å². The number of benzene rings is 1. The molecule has 5 heteroatoms. The van der Waals surface area contributed by atoms with Crippen LogP contribution in [0.4, 0.5) is 0 Å². The molecule has 108 valence electrons. The maximum atomic E-state index is 12.1. The second-order valence-electron chi connectivity index (χ2n) is 4.66. The summed E-state index contributed by atoms with van der Waals surface area (Å²) >= 11 is 0. The molecule has 3 rings (SSSR count). The molecule has 1 aromatic carbocycles. The summed E-state index contributed by atoms with van der Waals surface area (Å²) in [5.74, 6) is -0.208. The summed E-state index contributed by atoms with van der Waals surface area (Å²) in [5, 5.41) is 8.89. The Balaban J connectivity index is 2.18. The van der Waals surface area contributed by atoms with Crippen molar-refractivity contribution in [2.75, 3.05) is 6.61 Å². The summed E-state index contributed by atoms with van der Waals surface area (Å²) in [6.07, 6.45) is 1.64. The minimum absolute atomic E-state index is 0.247. The number of aromatic nitrogens is 2. The van der Waals surface area contributed by atoms with Crippen molar-refractivity contribution in [2.45, 2.75) is 6.92 Å². The largest absolute Gasteiger partial charge is 0.460 e. The molecular formula is C17H13N3O2. The van der Waals surface area contributed by atoms with Crippen LogP contribution in [0.3, 0.4) is 0 Å². The van der Waals surface area contributed by atoms with Crippen molar-refractivity contribution in [1.82, 2.24) is 9.38 Å². The SMILES string of the molecule is CCOC(=O)c1ncc2cccc(-c3ccc(C#N)cc3)n12. The number of hydrogen-bond acceptors (Lipinski definition) is 4. The number of nitrogens with zero attached hydrogens (tertiary/aromatic N) is 3. The molecule has 2 aromatic heterocycles. The first-order chi connectivity index (χ1) is 10.7. The summed E-state index contributed by atoms with van der Waals surface area (Å²) in [5.41, 5.74) is 3.12. The van der Waals surface area contributed by atoms with Crippen LogP contribution in [0.2, 0.25) is 0 Å². The van der Waals surface area contributed by atoms with Gasteiger partial charge in [-0.25, -0.2) is 9.78 Å². The number of nitriles is 1. The Morgan fingerprint density at radius 2 is 2.05 bits per heavy atom. The summed E-state index contributed by atoms with van der Waals surface area (Å²) in [4.78, 5) is 16.2. The second kappa shape index (κ2) is 5.70. The number of pyridine rings is 1. The zero-order chi connectivity index (χ0) is 15.5. The maximum absolute atomic E-state index is 12.1. The van der Waals surface area contributed by atoms with E-state index < -0.39 is 5.97 Å². The van der Waals surface area contributed by atoms with E-state index in [0.29, 0.717) is 12.2 Å². The minimum Gasteiger partial charge on any atom is -0.460 e. The average Bonchev–Trinajstić information content (AvgIpc) is 2.99. The van der Waals surface area contributed by atoms with E-state index in [0.717, 1.165) is 16.8 Å². The van der Waals surface area contributed by atoms with Crippen molar-refractivity contribution < 1.29 is 9.53 Å². The molecule has 0 aliphatic heterocycles. The van der Waals surface area contributed by atoms with Crippen molar-refractivity contribution in [3.8, 4) is 17.3 Å². The van der Waals surface area contributed by atoms with Crippen LogP contribution >= 0.6 is 0 Å². The molecule has 0 saturated carbocycles. The molecule has 0 radical (unpaired) electrons. The number of carbonyl (C=O) groups is 1. The van der Waals surface area contributed by atoms with Crippen LogP contribution in [0.15, 0.2) is 48.7 Å². The van der Waals surface area contributed by atoms with Crippen molar-refractivity contribution in [1.29, 1.82) is 5.26 Å². The molecule has 3 aromatic rings. The Hall–Kier alpha value is -3.13. The van der Waals surface area contributed by atoms with E-state index in [4.69, 9.17) is 10.00 Å². The fraction of sp³-hybridized carbons (Fsp3) is 0.118. The zero-order valence-electron chi connectivity index (χ0n) is 12.0. The number of hydrogen-bond donors (Lipinski definition) is 0. The van der Waals surface area contributed by atoms with E-state index in [1.54, 1.807) is 29.7 Å². The highest BCUT2D eigenvalue weighted by atomic mass is 16.5. The summed E-state index contributed by atoms with van der Waals surface area (Å²) < 4.78 is 6.82. The molecule has 22 heavy (non-hydrogen) atoms. The first-order valence-electron chi connectivity index (χ1n) is 6.88. The van der Waals surface area contributed by atoms with Gasteiger partial charge < -0.3 is 4.74 Å². The van der Waals surface area contributed by atoms with Gasteiger partial charge >= 0.3 is 5.97 Å². The fourth-order valence-corrected chi connectivity index (χ4v) is 2.33. The normalized spacial score (nSPS) is 10.4. The van der Waals surface area contributed by atoms with Crippen molar-refractivity contribution >= 4 is 11.5 Å². The van der Waals surface area contributed by atoms with Crippen LogP contribution in [0.5, 0.6) is 0 Å². The molecule has 0 fully saturated rings. The molecule has 0 N–H and O–H groups in total. The van der Waals surface area contributed by atoms with Crippen LogP contribution in [0.25, 0.3) is 16.8 Å². The van der Waals surface area contributed by atoms with Gasteiger partial charge in [0, 0.05) is 0 Å². The van der Waals surface area contributed by atoms with Crippen LogP contribution in [0.1, 0.15) is 23.1 Å². The van der Waals surface area contributed by atoms with E-state index in [2.05, 4.69) is 11.1 Å². The van der Waals surface area contributed by atoms with Crippen LogP contribution < -0.4 is 0 Å². The number of carbonyl (C=O) groups excluding carboxylic acids is 1. The van der Waals surface area contributed by atoms with Crippen molar-refractivity contribution in [2.24, 2.45) is 0 Å². The van der Waals surface area contributed by atoms with E-state index in [9.17, 15) is 4.79 Å². The van der Waals surface area contributed by atoms with Gasteiger partial charge in [-0.3, -0.25) is 4.40 Å². The topological polar surface area (TPSA) is 67.4 Å². The highest BCUT2D eigenvalue weighted by Crippen LogP contribution is 2.23. The first-order valence-corrected chi connectivity index (χ1v) is 6.88. The van der Waals surface area contributed by atoms with Gasteiger partial charge in [0.05, 0.1) is 35.6 Å². The highest BCUT2D eigenvalue weighted by molar-refractivity contribution is 5.88. The van der Waals surface area contributed by atoms with Gasteiger partial charge in [-0.05, 0) is 36.8 Å². The third-order valence-electron chi connectivity index (χ3n) is 3.32. The maximum Gasteiger partial charge on any atom is 0.374 e. The number of esters is 1. The standard InChI is InChI=1S/C17H13N3O2/c1-2-22-17(21)16-19-11-14-4-3-5-15(20(14)16)13-8-6-12(10-18)7-9-13/h3-9,11H,2H2,1H3. The fourth-order valence-electron chi connectivity index (χ4n) is 2.33. The third kappa shape index (κ3) is 2.31. The van der Waals surface area contributed by atoms with Crippen LogP contribution in [-0.4, -0.2) is 22.0 Å². The lowest BCUT2D eigenvalue weighted by molar-refractivity contribution is 0.0511. The van der Waals surface area contributed by atoms with E-state index >= 15 is 0 Å². The molecule has 0 spiro atoms. The highest BCUT2D eigenvalue weighted by Gasteiger charge is 2.16. The van der Waals surface area contributed by atoms with Gasteiger partial charge in [0.15, 0.2) is 0 Å². The van der Waals surface area contributed by atoms with Gasteiger partial charge in [-0.1, -0.05) is 18.2 Å². The van der Waals surface area contributed by atoms with Gasteiger partial charge in [0.2, 0.25) is 5.82 Å². The molecule has 0 aliphatic rings. The average molecular weight is 291 g/mol. The summed E-state index contributed by atoms with van der Waals surface area (Å²) in [7, 11) is 0. The van der Waals surface area contributed by atoms with Gasteiger partial charge in [-0.15, -0.1) is 0 Å². The van der Waals surface area contributed by atoms with Crippen LogP contribution in [0, 0.1) is 11.3 Å². The van der Waals surface area contributed by atoms with Gasteiger partial charge in [0.25, 0.3) is 0 Å². The van der Waals surface area contributed by atoms with E-state index in [-0.39, 0.29) is 5.82 Å². The summed E-state index contributed by atoms with van der Waals surface area (Å²) in [6, 6.07) is 15.0. The third-order valence-corrected chi connectivity index (χ3v) is 3.32. The Morgan fingerprint density at radius 1 is 1.27 bits per heavy atom. The molecule has 0 aliphatic carbocycles. The number of imidazole rings is 1. The minimum atomic E-state index is -0.455. The molecule has 0 amide bonds. The Morgan fingerprint density at radius 3 is 2.73 bits per heavy atom. The lowest BCUT2D eigenvalue weighted by atomic mass is 10.1. The number of fused-ring (bicyclic) bond motifs is 1. The van der Waals surface area contributed by atoms with E-state index in [1.807, 2.05) is 30.3 Å². The Kier molecular flexibility index (Phi) is 3.58. The number of rotatable bonds is 3. The van der Waals surface area contributed by atoms with E-state index in [1.165, 1.54) is 0 Å². The molecule has 0 unspecified atom stereocenters. The lowest BCUT2D eigenvalue weighted by Crippen LogP contribution is -2.10. The lowest BCUT2D eigenvalue weighted by Gasteiger charge is -2.08. The monoisotopic (exact) mass is 291 g/mol. The Bertz CT molecular complexity index is 873. The first kappa shape index (κ1) is 13.8. The quantitative estimate of drug-likeness (QED) is 0.695. The molecule has 5 nitrogen and oxygen atoms in total. The second-order valence-corrected chi connectivity index (χ2v) is 4.66. The molecule has 2 heterocycles. The molecule has 0 atom stereocenters. The van der Waals surface area contributed by atoms with Crippen molar-refractivity contribution in [3.63, 3.8) is 0 Å². The molecular weight excluding hydrogens is 278 g/mol. The predicted octanol–water partition coefficient (Wildman–Crippen LogP) is 3.05. The number of ether oxygens (including phenoxy) is 1. The molecule has 0 bridgehead atoms. The summed E-state index contributed by atoms with van der Waals surface area (Å²) in [6.45, 7) is 2.06. The van der Waals surface area contributed by atoms with Crippen LogP contribution in [-0.2, 0) is 4.74 Å². The molecule has 0 saturated heterocycles. The Labute approximate surface area is 127 Å². The zero-order valence-corrected chi connectivity index (χ0v) is 12.0. The van der Waals surface area contributed by atoms with Crippen molar-refractivity contribution in [3.05, 3.63) is 60.0 Å². The van der Waals surface area contributed by atoms with Gasteiger partial charge in [-0.2, -0.15) is 5.26 Å². The smallest absolute Gasteiger partial charge is 0.374 e. The predicted molar refractivity (Wildman–Crippen MR) is 81.3 cm³/mol.